The molecule has 0 saturated heterocycles. The van der Waals surface area contributed by atoms with Gasteiger partial charge in [0.15, 0.2) is 5.13 Å². The van der Waals surface area contributed by atoms with E-state index < -0.39 is 10.0 Å². The summed E-state index contributed by atoms with van der Waals surface area (Å²) >= 11 is 7.10. The van der Waals surface area contributed by atoms with E-state index in [-0.39, 0.29) is 9.20 Å². The highest BCUT2D eigenvalue weighted by molar-refractivity contribution is 7.95. The standard InChI is InChI=1S/C9H9N3O2S4/c1-5-4-11-9(16-5)12-18(13,14)7-3-2-6(17-7)8(10)15/h2-4H,1H3,(H2,10,15)(H,11,12). The fourth-order valence-electron chi connectivity index (χ4n) is 1.16. The van der Waals surface area contributed by atoms with E-state index in [0.717, 1.165) is 16.2 Å². The minimum atomic E-state index is -3.61. The normalized spacial score (nSPS) is 11.4. The number of hydrogen-bond acceptors (Lipinski definition) is 6. The largest absolute Gasteiger partial charge is 0.389 e. The molecule has 3 N–H and O–H groups in total. The summed E-state index contributed by atoms with van der Waals surface area (Å²) in [6, 6.07) is 3.07. The number of rotatable bonds is 4. The number of nitrogens with zero attached hydrogens (tertiary/aromatic N) is 1. The maximum Gasteiger partial charge on any atom is 0.273 e. The Kier molecular flexibility index (Phi) is 3.66. The maximum atomic E-state index is 12.0. The lowest BCUT2D eigenvalue weighted by Gasteiger charge is -2.01. The first-order valence-electron chi connectivity index (χ1n) is 4.73. The van der Waals surface area contributed by atoms with Gasteiger partial charge in [-0.05, 0) is 19.1 Å². The minimum Gasteiger partial charge on any atom is -0.389 e. The zero-order valence-electron chi connectivity index (χ0n) is 9.21. The Morgan fingerprint density at radius 2 is 2.17 bits per heavy atom. The van der Waals surface area contributed by atoms with E-state index in [1.54, 1.807) is 12.3 Å². The maximum absolute atomic E-state index is 12.0. The lowest BCUT2D eigenvalue weighted by Crippen LogP contribution is -2.11. The monoisotopic (exact) mass is 319 g/mol. The lowest BCUT2D eigenvalue weighted by molar-refractivity contribution is 0.603. The second-order valence-electron chi connectivity index (χ2n) is 3.36. The third-order valence-electron chi connectivity index (χ3n) is 1.93. The van der Waals surface area contributed by atoms with Gasteiger partial charge in [-0.2, -0.15) is 0 Å². The summed E-state index contributed by atoms with van der Waals surface area (Å²) in [6.45, 7) is 1.85. The average Bonchev–Trinajstić information content (AvgIpc) is 2.86. The van der Waals surface area contributed by atoms with Crippen LogP contribution in [0.1, 0.15) is 9.75 Å². The molecule has 0 aliphatic rings. The topological polar surface area (TPSA) is 85.1 Å². The number of sulfonamides is 1. The first-order valence-corrected chi connectivity index (χ1v) is 8.26. The van der Waals surface area contributed by atoms with Crippen LogP contribution < -0.4 is 10.5 Å². The van der Waals surface area contributed by atoms with Crippen molar-refractivity contribution in [1.29, 1.82) is 0 Å². The van der Waals surface area contributed by atoms with Crippen molar-refractivity contribution in [3.63, 3.8) is 0 Å². The van der Waals surface area contributed by atoms with Crippen molar-refractivity contribution >= 4 is 55.0 Å². The van der Waals surface area contributed by atoms with Crippen molar-refractivity contribution in [3.8, 4) is 0 Å². The summed E-state index contributed by atoms with van der Waals surface area (Å²) in [6.07, 6.45) is 1.61. The van der Waals surface area contributed by atoms with Crippen LogP contribution in [-0.2, 0) is 10.0 Å². The predicted octanol–water partition coefficient (Wildman–Crippen LogP) is 1.95. The number of nitrogens with two attached hydrogens (primary N) is 1. The molecule has 0 amide bonds. The predicted molar refractivity (Wildman–Crippen MR) is 77.9 cm³/mol. The molecule has 0 radical (unpaired) electrons. The lowest BCUT2D eigenvalue weighted by atomic mass is 10.5. The van der Waals surface area contributed by atoms with Gasteiger partial charge in [0.05, 0.1) is 4.88 Å². The summed E-state index contributed by atoms with van der Waals surface area (Å²) in [7, 11) is -3.61. The van der Waals surface area contributed by atoms with Crippen LogP contribution in [0.4, 0.5) is 5.13 Å². The van der Waals surface area contributed by atoms with Gasteiger partial charge in [0.25, 0.3) is 10.0 Å². The number of nitrogens with one attached hydrogen (secondary N) is 1. The molecule has 5 nitrogen and oxygen atoms in total. The van der Waals surface area contributed by atoms with Crippen molar-refractivity contribution in [3.05, 3.63) is 28.1 Å². The molecule has 0 aliphatic heterocycles. The molecule has 0 fully saturated rings. The SMILES string of the molecule is Cc1cnc(NS(=O)(=O)c2ccc(C(N)=S)s2)s1. The molecule has 0 spiro atoms. The van der Waals surface area contributed by atoms with E-state index in [4.69, 9.17) is 18.0 Å². The highest BCUT2D eigenvalue weighted by atomic mass is 32.2. The van der Waals surface area contributed by atoms with Crippen molar-refractivity contribution in [1.82, 2.24) is 4.98 Å². The first-order chi connectivity index (χ1) is 8.38. The zero-order valence-corrected chi connectivity index (χ0v) is 12.5. The number of thiophene rings is 1. The molecule has 96 valence electrons. The van der Waals surface area contributed by atoms with Crippen LogP contribution in [0.25, 0.3) is 0 Å². The number of anilines is 1. The Morgan fingerprint density at radius 1 is 1.44 bits per heavy atom. The number of hydrogen-bond donors (Lipinski definition) is 2. The van der Waals surface area contributed by atoms with Gasteiger partial charge >= 0.3 is 0 Å². The molecule has 2 rings (SSSR count). The molecule has 2 aromatic heterocycles. The smallest absolute Gasteiger partial charge is 0.273 e. The summed E-state index contributed by atoms with van der Waals surface area (Å²) in [5, 5.41) is 0.345. The highest BCUT2D eigenvalue weighted by Gasteiger charge is 2.18. The molecular weight excluding hydrogens is 310 g/mol. The molecule has 2 heterocycles. The fraction of sp³-hybridized carbons (Fsp3) is 0.111. The van der Waals surface area contributed by atoms with Gasteiger partial charge in [0.2, 0.25) is 0 Å². The van der Waals surface area contributed by atoms with Gasteiger partial charge < -0.3 is 5.73 Å². The van der Waals surface area contributed by atoms with Crippen molar-refractivity contribution < 1.29 is 8.42 Å². The quantitative estimate of drug-likeness (QED) is 0.841. The average molecular weight is 319 g/mol. The zero-order chi connectivity index (χ0) is 13.3. The van der Waals surface area contributed by atoms with Crippen molar-refractivity contribution in [2.45, 2.75) is 11.1 Å². The van der Waals surface area contributed by atoms with Gasteiger partial charge in [0.1, 0.15) is 9.20 Å². The van der Waals surface area contributed by atoms with Crippen LogP contribution in [0.15, 0.2) is 22.5 Å². The second-order valence-corrected chi connectivity index (χ2v) is 8.03. The molecule has 0 aliphatic carbocycles. The highest BCUT2D eigenvalue weighted by Crippen LogP contribution is 2.25. The summed E-state index contributed by atoms with van der Waals surface area (Å²) in [5.41, 5.74) is 5.44. The number of aromatic nitrogens is 1. The third-order valence-corrected chi connectivity index (χ3v) is 6.19. The van der Waals surface area contributed by atoms with Crippen molar-refractivity contribution in [2.24, 2.45) is 5.73 Å². The van der Waals surface area contributed by atoms with E-state index in [9.17, 15) is 8.42 Å². The third kappa shape index (κ3) is 2.86. The molecule has 0 bridgehead atoms. The van der Waals surface area contributed by atoms with Crippen LogP contribution in [0, 0.1) is 6.92 Å². The number of thiazole rings is 1. The van der Waals surface area contributed by atoms with Gasteiger partial charge in [-0.3, -0.25) is 4.72 Å². The molecule has 18 heavy (non-hydrogen) atoms. The Labute approximate surface area is 118 Å². The minimum absolute atomic E-state index is 0.165. The summed E-state index contributed by atoms with van der Waals surface area (Å²) < 4.78 is 26.6. The van der Waals surface area contributed by atoms with E-state index in [0.29, 0.717) is 10.0 Å². The van der Waals surface area contributed by atoms with Crippen LogP contribution in [0.3, 0.4) is 0 Å². The van der Waals surface area contributed by atoms with Crippen LogP contribution in [0.5, 0.6) is 0 Å². The second kappa shape index (κ2) is 4.92. The van der Waals surface area contributed by atoms with Gasteiger partial charge in [-0.1, -0.05) is 12.2 Å². The molecule has 0 atom stereocenters. The van der Waals surface area contributed by atoms with Gasteiger partial charge in [-0.15, -0.1) is 22.7 Å². The Morgan fingerprint density at radius 3 is 2.67 bits per heavy atom. The Balaban J connectivity index is 2.27. The van der Waals surface area contributed by atoms with E-state index in [2.05, 4.69) is 9.71 Å². The van der Waals surface area contributed by atoms with Crippen molar-refractivity contribution in [2.75, 3.05) is 4.72 Å². The molecule has 9 heteroatoms. The first kappa shape index (κ1) is 13.4. The van der Waals surface area contributed by atoms with E-state index >= 15 is 0 Å². The fourth-order valence-corrected chi connectivity index (χ4v) is 4.42. The van der Waals surface area contributed by atoms with Gasteiger partial charge in [-0.25, -0.2) is 13.4 Å². The number of thiocarbonyl (C=S) groups is 1. The molecule has 0 unspecified atom stereocenters. The molecule has 0 saturated carbocycles. The Bertz CT molecular complexity index is 686. The van der Waals surface area contributed by atoms with Crippen LogP contribution in [-0.4, -0.2) is 18.4 Å². The molecule has 2 aromatic rings. The summed E-state index contributed by atoms with van der Waals surface area (Å²) in [4.78, 5) is 5.64. The van der Waals surface area contributed by atoms with E-state index in [1.807, 2.05) is 6.92 Å². The molecular formula is C9H9N3O2S4. The van der Waals surface area contributed by atoms with Crippen LogP contribution in [0.2, 0.25) is 0 Å². The van der Waals surface area contributed by atoms with Gasteiger partial charge in [0, 0.05) is 11.1 Å². The Hall–Kier alpha value is -1.03. The van der Waals surface area contributed by atoms with Crippen LogP contribution >= 0.6 is 34.9 Å². The molecule has 0 aromatic carbocycles. The number of aryl methyl sites for hydroxylation is 1. The van der Waals surface area contributed by atoms with E-state index in [1.165, 1.54) is 17.4 Å². The summed E-state index contributed by atoms with van der Waals surface area (Å²) in [5.74, 6) is 0.